The summed E-state index contributed by atoms with van der Waals surface area (Å²) < 4.78 is 10.6. The Labute approximate surface area is 124 Å². The third-order valence-electron chi connectivity index (χ3n) is 3.31. The van der Waals surface area contributed by atoms with Gasteiger partial charge in [-0.15, -0.1) is 11.3 Å². The Morgan fingerprint density at radius 1 is 1.05 bits per heavy atom. The van der Waals surface area contributed by atoms with Crippen LogP contribution in [-0.4, -0.2) is 14.2 Å². The van der Waals surface area contributed by atoms with Gasteiger partial charge >= 0.3 is 0 Å². The molecular weight excluding hydrogens is 270 g/mol. The first kappa shape index (κ1) is 14.7. The molecule has 20 heavy (non-hydrogen) atoms. The number of hydrogen-bond donors (Lipinski definition) is 1. The van der Waals surface area contributed by atoms with Crippen LogP contribution in [0.2, 0.25) is 0 Å². The van der Waals surface area contributed by atoms with Crippen LogP contribution in [0, 0.1) is 13.8 Å². The van der Waals surface area contributed by atoms with Gasteiger partial charge in [-0.3, -0.25) is 0 Å². The highest BCUT2D eigenvalue weighted by molar-refractivity contribution is 7.12. The van der Waals surface area contributed by atoms with E-state index in [9.17, 15) is 0 Å². The van der Waals surface area contributed by atoms with E-state index in [1.54, 1.807) is 14.2 Å². The molecule has 0 bridgehead atoms. The van der Waals surface area contributed by atoms with Crippen molar-refractivity contribution >= 4 is 17.0 Å². The van der Waals surface area contributed by atoms with Gasteiger partial charge < -0.3 is 14.8 Å². The van der Waals surface area contributed by atoms with Gasteiger partial charge in [0, 0.05) is 27.5 Å². The van der Waals surface area contributed by atoms with Crippen molar-refractivity contribution in [3.8, 4) is 11.5 Å². The Kier molecular flexibility index (Phi) is 4.55. The number of hydrogen-bond acceptors (Lipinski definition) is 4. The largest absolute Gasteiger partial charge is 0.493 e. The van der Waals surface area contributed by atoms with Gasteiger partial charge in [0.05, 0.1) is 14.2 Å². The Morgan fingerprint density at radius 2 is 1.75 bits per heavy atom. The minimum atomic E-state index is 0.262. The van der Waals surface area contributed by atoms with Crippen LogP contribution in [0.15, 0.2) is 24.3 Å². The molecule has 0 spiro atoms. The van der Waals surface area contributed by atoms with Gasteiger partial charge in [0.15, 0.2) is 11.5 Å². The smallest absolute Gasteiger partial charge is 0.162 e. The number of anilines is 1. The van der Waals surface area contributed by atoms with Crippen LogP contribution in [0.25, 0.3) is 0 Å². The third-order valence-corrected chi connectivity index (χ3v) is 4.29. The van der Waals surface area contributed by atoms with E-state index in [2.05, 4.69) is 32.2 Å². The van der Waals surface area contributed by atoms with Crippen molar-refractivity contribution < 1.29 is 9.47 Å². The zero-order chi connectivity index (χ0) is 14.7. The Balaban J connectivity index is 2.19. The molecule has 0 saturated carbocycles. The lowest BCUT2D eigenvalue weighted by atomic mass is 10.1. The molecule has 1 aromatic heterocycles. The fraction of sp³-hybridized carbons (Fsp3) is 0.375. The maximum Gasteiger partial charge on any atom is 0.162 e. The minimum absolute atomic E-state index is 0.262. The van der Waals surface area contributed by atoms with Gasteiger partial charge in [-0.1, -0.05) is 0 Å². The molecular formula is C16H21NO2S. The van der Waals surface area contributed by atoms with Crippen molar-refractivity contribution in [2.75, 3.05) is 19.5 Å². The summed E-state index contributed by atoms with van der Waals surface area (Å²) in [5, 5.41) is 3.51. The number of ether oxygens (including phenoxy) is 2. The average Bonchev–Trinajstić information content (AvgIpc) is 2.77. The van der Waals surface area contributed by atoms with Gasteiger partial charge in [0.25, 0.3) is 0 Å². The number of thiophene rings is 1. The van der Waals surface area contributed by atoms with E-state index >= 15 is 0 Å². The number of aryl methyl sites for hydroxylation is 2. The molecule has 1 unspecified atom stereocenters. The second-order valence-corrected chi connectivity index (χ2v) is 6.26. The first-order chi connectivity index (χ1) is 9.55. The fourth-order valence-corrected chi connectivity index (χ4v) is 3.36. The van der Waals surface area contributed by atoms with Crippen LogP contribution >= 0.6 is 11.3 Å². The normalized spacial score (nSPS) is 12.1. The first-order valence-corrected chi connectivity index (χ1v) is 7.42. The molecule has 2 rings (SSSR count). The molecule has 3 nitrogen and oxygen atoms in total. The molecule has 2 aromatic rings. The van der Waals surface area contributed by atoms with E-state index < -0.39 is 0 Å². The quantitative estimate of drug-likeness (QED) is 0.876. The predicted molar refractivity (Wildman–Crippen MR) is 85.4 cm³/mol. The lowest BCUT2D eigenvalue weighted by molar-refractivity contribution is 0.355. The molecule has 0 radical (unpaired) electrons. The molecule has 1 N–H and O–H groups in total. The Bertz CT molecular complexity index is 592. The van der Waals surface area contributed by atoms with Gasteiger partial charge in [0.2, 0.25) is 0 Å². The van der Waals surface area contributed by atoms with Gasteiger partial charge in [0.1, 0.15) is 0 Å². The van der Waals surface area contributed by atoms with E-state index in [1.165, 1.54) is 15.3 Å². The lowest BCUT2D eigenvalue weighted by Crippen LogP contribution is -2.07. The molecule has 0 fully saturated rings. The summed E-state index contributed by atoms with van der Waals surface area (Å²) in [6, 6.07) is 8.40. The maximum atomic E-state index is 5.33. The summed E-state index contributed by atoms with van der Waals surface area (Å²) in [6.07, 6.45) is 0. The number of methoxy groups -OCH3 is 2. The third kappa shape index (κ3) is 3.07. The van der Waals surface area contributed by atoms with Crippen molar-refractivity contribution in [3.63, 3.8) is 0 Å². The standard InChI is InChI=1S/C16H21NO2S/c1-10-8-14(12(3)20-10)11(2)17-13-6-7-15(18-4)16(9-13)19-5/h6-9,11,17H,1-5H3. The van der Waals surface area contributed by atoms with E-state index in [4.69, 9.17) is 9.47 Å². The molecule has 108 valence electrons. The van der Waals surface area contributed by atoms with E-state index in [0.717, 1.165) is 17.2 Å². The fourth-order valence-electron chi connectivity index (χ4n) is 2.33. The molecule has 4 heteroatoms. The van der Waals surface area contributed by atoms with Gasteiger partial charge in [-0.2, -0.15) is 0 Å². The topological polar surface area (TPSA) is 30.5 Å². The predicted octanol–water partition coefficient (Wildman–Crippen LogP) is 4.56. The zero-order valence-electron chi connectivity index (χ0n) is 12.6. The highest BCUT2D eigenvalue weighted by atomic mass is 32.1. The Morgan fingerprint density at radius 3 is 2.30 bits per heavy atom. The SMILES string of the molecule is COc1ccc(NC(C)c2cc(C)sc2C)cc1OC. The molecule has 1 aromatic carbocycles. The molecule has 0 aliphatic carbocycles. The summed E-state index contributed by atoms with van der Waals surface area (Å²) in [4.78, 5) is 2.71. The summed E-state index contributed by atoms with van der Waals surface area (Å²) >= 11 is 1.84. The molecule has 0 saturated heterocycles. The van der Waals surface area contributed by atoms with Crippen LogP contribution in [0.5, 0.6) is 11.5 Å². The van der Waals surface area contributed by atoms with E-state index in [1.807, 2.05) is 29.5 Å². The summed E-state index contributed by atoms with van der Waals surface area (Å²) in [5.74, 6) is 1.48. The zero-order valence-corrected chi connectivity index (χ0v) is 13.4. The molecule has 0 aliphatic rings. The number of rotatable bonds is 5. The van der Waals surface area contributed by atoms with Crippen molar-refractivity contribution in [2.24, 2.45) is 0 Å². The van der Waals surface area contributed by atoms with E-state index in [0.29, 0.717) is 0 Å². The number of benzene rings is 1. The average molecular weight is 291 g/mol. The summed E-state index contributed by atoms with van der Waals surface area (Å²) in [5.41, 5.74) is 2.38. The van der Waals surface area contributed by atoms with Crippen molar-refractivity contribution in [2.45, 2.75) is 26.8 Å². The van der Waals surface area contributed by atoms with Gasteiger partial charge in [-0.25, -0.2) is 0 Å². The van der Waals surface area contributed by atoms with Crippen molar-refractivity contribution in [3.05, 3.63) is 39.6 Å². The van der Waals surface area contributed by atoms with E-state index in [-0.39, 0.29) is 6.04 Å². The van der Waals surface area contributed by atoms with Crippen LogP contribution in [0.3, 0.4) is 0 Å². The van der Waals surface area contributed by atoms with Gasteiger partial charge in [-0.05, 0) is 44.5 Å². The number of nitrogens with one attached hydrogen (secondary N) is 1. The summed E-state index contributed by atoms with van der Waals surface area (Å²) in [6.45, 7) is 6.48. The van der Waals surface area contributed by atoms with Crippen LogP contribution in [0.1, 0.15) is 28.3 Å². The molecule has 0 amide bonds. The lowest BCUT2D eigenvalue weighted by Gasteiger charge is -2.17. The van der Waals surface area contributed by atoms with Crippen LogP contribution in [-0.2, 0) is 0 Å². The second-order valence-electron chi connectivity index (χ2n) is 4.80. The molecule has 1 heterocycles. The van der Waals surface area contributed by atoms with Crippen molar-refractivity contribution in [1.29, 1.82) is 0 Å². The van der Waals surface area contributed by atoms with Crippen LogP contribution in [0.4, 0.5) is 5.69 Å². The molecule has 1 atom stereocenters. The maximum absolute atomic E-state index is 5.33. The van der Waals surface area contributed by atoms with Crippen molar-refractivity contribution in [1.82, 2.24) is 0 Å². The first-order valence-electron chi connectivity index (χ1n) is 6.60. The summed E-state index contributed by atoms with van der Waals surface area (Å²) in [7, 11) is 3.29. The van der Waals surface area contributed by atoms with Crippen LogP contribution < -0.4 is 14.8 Å². The highest BCUT2D eigenvalue weighted by Gasteiger charge is 2.12. The minimum Gasteiger partial charge on any atom is -0.493 e. The Hall–Kier alpha value is -1.68. The molecule has 0 aliphatic heterocycles. The monoisotopic (exact) mass is 291 g/mol. The second kappa shape index (κ2) is 6.18. The highest BCUT2D eigenvalue weighted by Crippen LogP contribution is 2.33.